The second-order valence-corrected chi connectivity index (χ2v) is 5.13. The summed E-state index contributed by atoms with van der Waals surface area (Å²) >= 11 is 0. The van der Waals surface area contributed by atoms with E-state index in [4.69, 9.17) is 9.68 Å². The van der Waals surface area contributed by atoms with Gasteiger partial charge in [0.2, 0.25) is 0 Å². The lowest BCUT2D eigenvalue weighted by molar-refractivity contribution is 0.456. The van der Waals surface area contributed by atoms with Crippen molar-refractivity contribution < 1.29 is 9.68 Å². The minimum Gasteiger partial charge on any atom is -0.537 e. The SMILES string of the molecule is CC(C)(C)c1cccc2c(O[B]O)cccc12. The minimum atomic E-state index is 0.0844. The van der Waals surface area contributed by atoms with Gasteiger partial charge >= 0.3 is 7.69 Å². The van der Waals surface area contributed by atoms with Crippen LogP contribution in [0.3, 0.4) is 0 Å². The van der Waals surface area contributed by atoms with Gasteiger partial charge in [0.15, 0.2) is 0 Å². The molecule has 0 aliphatic carbocycles. The third-order valence-corrected chi connectivity index (χ3v) is 2.87. The summed E-state index contributed by atoms with van der Waals surface area (Å²) in [5.74, 6) is 0.677. The monoisotopic (exact) mass is 227 g/mol. The van der Waals surface area contributed by atoms with Gasteiger partial charge in [-0.2, -0.15) is 0 Å². The van der Waals surface area contributed by atoms with Crippen molar-refractivity contribution in [2.45, 2.75) is 26.2 Å². The van der Waals surface area contributed by atoms with Gasteiger partial charge in [-0.1, -0.05) is 51.1 Å². The standard InChI is InChI=1S/C14H16BO2/c1-14(2,3)12-8-4-7-11-10(12)6-5-9-13(11)17-15-16/h4-9,16H,1-3H3. The molecule has 0 bridgehead atoms. The van der Waals surface area contributed by atoms with Gasteiger partial charge in [-0.3, -0.25) is 0 Å². The van der Waals surface area contributed by atoms with Crippen LogP contribution in [-0.2, 0) is 5.41 Å². The summed E-state index contributed by atoms with van der Waals surface area (Å²) in [6, 6.07) is 12.0. The Hall–Kier alpha value is -1.48. The summed E-state index contributed by atoms with van der Waals surface area (Å²) in [5.41, 5.74) is 1.36. The highest BCUT2D eigenvalue weighted by molar-refractivity contribution is 6.18. The summed E-state index contributed by atoms with van der Waals surface area (Å²) in [6.07, 6.45) is 0. The maximum Gasteiger partial charge on any atom is 0.569 e. The topological polar surface area (TPSA) is 29.5 Å². The highest BCUT2D eigenvalue weighted by Crippen LogP contribution is 2.33. The first-order valence-corrected chi connectivity index (χ1v) is 5.69. The predicted octanol–water partition coefficient (Wildman–Crippen LogP) is 3.04. The number of hydrogen-bond donors (Lipinski definition) is 1. The lowest BCUT2D eigenvalue weighted by atomic mass is 9.83. The molecule has 87 valence electrons. The molecule has 0 atom stereocenters. The summed E-state index contributed by atoms with van der Waals surface area (Å²) in [5, 5.41) is 10.9. The van der Waals surface area contributed by atoms with E-state index in [2.05, 4.69) is 32.9 Å². The van der Waals surface area contributed by atoms with E-state index in [0.717, 1.165) is 13.1 Å². The first-order valence-electron chi connectivity index (χ1n) is 5.69. The lowest BCUT2D eigenvalue weighted by Gasteiger charge is -2.22. The third-order valence-electron chi connectivity index (χ3n) is 2.87. The molecule has 0 unspecified atom stereocenters. The van der Waals surface area contributed by atoms with Gasteiger partial charge in [0.1, 0.15) is 5.75 Å². The van der Waals surface area contributed by atoms with Crippen molar-refractivity contribution in [3.63, 3.8) is 0 Å². The molecule has 0 heterocycles. The summed E-state index contributed by atoms with van der Waals surface area (Å²) in [6.45, 7) is 6.56. The first-order chi connectivity index (χ1) is 8.04. The largest absolute Gasteiger partial charge is 0.569 e. The molecule has 0 aromatic heterocycles. The fraction of sp³-hybridized carbons (Fsp3) is 0.286. The molecule has 2 nitrogen and oxygen atoms in total. The Balaban J connectivity index is 2.70. The molecule has 2 aromatic carbocycles. The zero-order valence-corrected chi connectivity index (χ0v) is 10.4. The Morgan fingerprint density at radius 2 is 1.65 bits per heavy atom. The van der Waals surface area contributed by atoms with Crippen LogP contribution in [0.5, 0.6) is 5.75 Å². The van der Waals surface area contributed by atoms with E-state index in [1.54, 1.807) is 0 Å². The molecule has 0 fully saturated rings. The Morgan fingerprint density at radius 3 is 2.29 bits per heavy atom. The number of benzene rings is 2. The summed E-state index contributed by atoms with van der Waals surface area (Å²) in [7, 11) is 0.721. The third kappa shape index (κ3) is 2.29. The highest BCUT2D eigenvalue weighted by atomic mass is 16.5. The molecule has 1 N–H and O–H groups in total. The molecule has 0 aliphatic heterocycles. The van der Waals surface area contributed by atoms with Crippen molar-refractivity contribution in [1.29, 1.82) is 0 Å². The van der Waals surface area contributed by atoms with Crippen molar-refractivity contribution in [3.05, 3.63) is 42.0 Å². The van der Waals surface area contributed by atoms with Gasteiger partial charge in [0, 0.05) is 5.39 Å². The first kappa shape index (κ1) is 12.0. The molecule has 3 heteroatoms. The average molecular weight is 227 g/mol. The molecular formula is C14H16BO2. The quantitative estimate of drug-likeness (QED) is 0.799. The normalized spacial score (nSPS) is 11.5. The maximum atomic E-state index is 8.76. The van der Waals surface area contributed by atoms with E-state index in [0.29, 0.717) is 5.75 Å². The summed E-state index contributed by atoms with van der Waals surface area (Å²) in [4.78, 5) is 0. The summed E-state index contributed by atoms with van der Waals surface area (Å²) < 4.78 is 5.12. The van der Waals surface area contributed by atoms with E-state index in [9.17, 15) is 0 Å². The number of rotatable bonds is 2. The van der Waals surface area contributed by atoms with Gasteiger partial charge in [0.25, 0.3) is 0 Å². The number of hydrogen-bond acceptors (Lipinski definition) is 2. The van der Waals surface area contributed by atoms with Crippen LogP contribution in [0.15, 0.2) is 36.4 Å². The van der Waals surface area contributed by atoms with Crippen molar-refractivity contribution in [1.82, 2.24) is 0 Å². The van der Waals surface area contributed by atoms with Crippen LogP contribution in [0, 0.1) is 0 Å². The van der Waals surface area contributed by atoms with Crippen LogP contribution in [0.2, 0.25) is 0 Å². The molecule has 0 saturated carbocycles. The van der Waals surface area contributed by atoms with Gasteiger partial charge in [0.05, 0.1) is 0 Å². The molecular weight excluding hydrogens is 211 g/mol. The van der Waals surface area contributed by atoms with Gasteiger partial charge in [-0.25, -0.2) is 0 Å². The fourth-order valence-corrected chi connectivity index (χ4v) is 2.09. The van der Waals surface area contributed by atoms with Crippen LogP contribution in [0.25, 0.3) is 10.8 Å². The Labute approximate surface area is 103 Å². The average Bonchev–Trinajstić information content (AvgIpc) is 2.28. The molecule has 0 aliphatic rings. The fourth-order valence-electron chi connectivity index (χ4n) is 2.09. The van der Waals surface area contributed by atoms with Crippen molar-refractivity contribution in [3.8, 4) is 5.75 Å². The second-order valence-electron chi connectivity index (χ2n) is 5.13. The van der Waals surface area contributed by atoms with E-state index in [1.807, 2.05) is 24.3 Å². The zero-order chi connectivity index (χ0) is 12.5. The van der Waals surface area contributed by atoms with Crippen molar-refractivity contribution >= 4 is 18.5 Å². The molecule has 0 spiro atoms. The maximum absolute atomic E-state index is 8.76. The molecule has 0 amide bonds. The molecule has 2 rings (SSSR count). The van der Waals surface area contributed by atoms with Gasteiger partial charge in [-0.15, -0.1) is 0 Å². The molecule has 0 saturated heterocycles. The van der Waals surface area contributed by atoms with E-state index in [-0.39, 0.29) is 5.41 Å². The minimum absolute atomic E-state index is 0.0844. The van der Waals surface area contributed by atoms with Crippen LogP contribution in [-0.4, -0.2) is 12.7 Å². The van der Waals surface area contributed by atoms with Crippen LogP contribution in [0.4, 0.5) is 0 Å². The van der Waals surface area contributed by atoms with Crippen LogP contribution in [0.1, 0.15) is 26.3 Å². The van der Waals surface area contributed by atoms with Crippen molar-refractivity contribution in [2.75, 3.05) is 0 Å². The molecule has 17 heavy (non-hydrogen) atoms. The Bertz CT molecular complexity index is 529. The Morgan fingerprint density at radius 1 is 1.00 bits per heavy atom. The molecule has 1 radical (unpaired) electrons. The highest BCUT2D eigenvalue weighted by Gasteiger charge is 2.17. The predicted molar refractivity (Wildman–Crippen MR) is 71.2 cm³/mol. The Kier molecular flexibility index (Phi) is 3.12. The smallest absolute Gasteiger partial charge is 0.537 e. The molecule has 2 aromatic rings. The van der Waals surface area contributed by atoms with Gasteiger partial charge < -0.3 is 9.68 Å². The zero-order valence-electron chi connectivity index (χ0n) is 10.4. The van der Waals surface area contributed by atoms with E-state index < -0.39 is 0 Å². The van der Waals surface area contributed by atoms with Crippen molar-refractivity contribution in [2.24, 2.45) is 0 Å². The van der Waals surface area contributed by atoms with Gasteiger partial charge in [-0.05, 0) is 22.4 Å². The van der Waals surface area contributed by atoms with E-state index >= 15 is 0 Å². The lowest BCUT2D eigenvalue weighted by Crippen LogP contribution is -2.11. The number of fused-ring (bicyclic) bond motifs is 1. The van der Waals surface area contributed by atoms with Crippen LogP contribution < -0.4 is 4.65 Å². The van der Waals surface area contributed by atoms with E-state index in [1.165, 1.54) is 10.9 Å². The second kappa shape index (κ2) is 4.42. The van der Waals surface area contributed by atoms with Crippen LogP contribution >= 0.6 is 0 Å².